The zero-order valence-corrected chi connectivity index (χ0v) is 9.23. The number of nitrogens with two attached hydrogens (primary N) is 1. The Kier molecular flexibility index (Phi) is 3.68. The third-order valence-electron chi connectivity index (χ3n) is 2.18. The second-order valence-electron chi connectivity index (χ2n) is 3.74. The third kappa shape index (κ3) is 3.71. The molecule has 102 valence electrons. The van der Waals surface area contributed by atoms with E-state index in [4.69, 9.17) is 5.73 Å². The minimum absolute atomic E-state index is 0.0969. The highest BCUT2D eigenvalue weighted by Crippen LogP contribution is 2.34. The van der Waals surface area contributed by atoms with E-state index in [1.807, 2.05) is 0 Å². The van der Waals surface area contributed by atoms with Crippen molar-refractivity contribution in [3.05, 3.63) is 23.8 Å². The molecule has 1 rings (SSSR count). The monoisotopic (exact) mass is 272 g/mol. The van der Waals surface area contributed by atoms with Crippen molar-refractivity contribution in [2.24, 2.45) is 0 Å². The summed E-state index contributed by atoms with van der Waals surface area (Å²) in [5.74, 6) is 0. The fourth-order valence-electron chi connectivity index (χ4n) is 1.43. The van der Waals surface area contributed by atoms with Gasteiger partial charge in [0.15, 0.2) is 0 Å². The molecule has 0 saturated carbocycles. The smallest absolute Gasteiger partial charge is 0.397 e. The molecule has 0 saturated heterocycles. The highest BCUT2D eigenvalue weighted by molar-refractivity contribution is 5.68. The maximum absolute atomic E-state index is 12.3. The molecule has 0 spiro atoms. The van der Waals surface area contributed by atoms with Crippen LogP contribution in [0.2, 0.25) is 0 Å². The molecule has 0 radical (unpaired) electrons. The van der Waals surface area contributed by atoms with E-state index in [0.717, 1.165) is 18.0 Å². The molecule has 0 aliphatic carbocycles. The Morgan fingerprint density at radius 3 is 2.06 bits per heavy atom. The number of hydrogen-bond acceptors (Lipinski definition) is 2. The van der Waals surface area contributed by atoms with Gasteiger partial charge in [0.25, 0.3) is 0 Å². The van der Waals surface area contributed by atoms with Gasteiger partial charge in [0.2, 0.25) is 0 Å². The van der Waals surface area contributed by atoms with Crippen LogP contribution in [-0.2, 0) is 6.18 Å². The van der Waals surface area contributed by atoms with Gasteiger partial charge >= 0.3 is 12.4 Å². The second kappa shape index (κ2) is 4.58. The Balaban J connectivity index is 2.99. The lowest BCUT2D eigenvalue weighted by Crippen LogP contribution is -2.31. The average molecular weight is 272 g/mol. The first kappa shape index (κ1) is 14.5. The molecule has 0 atom stereocenters. The summed E-state index contributed by atoms with van der Waals surface area (Å²) in [7, 11) is 1.10. The largest absolute Gasteiger partial charge is 0.416 e. The maximum Gasteiger partial charge on any atom is 0.416 e. The predicted octanol–water partition coefficient (Wildman–Crippen LogP) is 3.29. The SMILES string of the molecule is CN(CC(F)(F)F)c1ccc(C(F)(F)F)cc1N. The molecule has 0 fully saturated rings. The van der Waals surface area contributed by atoms with Crippen molar-refractivity contribution in [1.82, 2.24) is 0 Å². The molecule has 8 heteroatoms. The second-order valence-corrected chi connectivity index (χ2v) is 3.74. The summed E-state index contributed by atoms with van der Waals surface area (Å²) >= 11 is 0. The first-order valence-electron chi connectivity index (χ1n) is 4.75. The normalized spacial score (nSPS) is 12.6. The van der Waals surface area contributed by atoms with Crippen molar-refractivity contribution >= 4 is 11.4 Å². The summed E-state index contributed by atoms with van der Waals surface area (Å²) in [6, 6.07) is 2.23. The van der Waals surface area contributed by atoms with Gasteiger partial charge < -0.3 is 10.6 Å². The van der Waals surface area contributed by atoms with Crippen molar-refractivity contribution in [3.63, 3.8) is 0 Å². The van der Waals surface area contributed by atoms with Crippen molar-refractivity contribution in [3.8, 4) is 0 Å². The van der Waals surface area contributed by atoms with Gasteiger partial charge in [-0.15, -0.1) is 0 Å². The number of halogens is 6. The molecule has 0 aliphatic heterocycles. The molecule has 0 unspecified atom stereocenters. The topological polar surface area (TPSA) is 29.3 Å². The van der Waals surface area contributed by atoms with E-state index in [-0.39, 0.29) is 11.4 Å². The summed E-state index contributed by atoms with van der Waals surface area (Å²) < 4.78 is 73.4. The number of nitrogen functional groups attached to an aromatic ring is 1. The molecule has 0 aliphatic rings. The third-order valence-corrected chi connectivity index (χ3v) is 2.18. The van der Waals surface area contributed by atoms with Crippen LogP contribution in [0.15, 0.2) is 18.2 Å². The summed E-state index contributed by atoms with van der Waals surface area (Å²) in [5, 5.41) is 0. The van der Waals surface area contributed by atoms with Crippen LogP contribution in [0.25, 0.3) is 0 Å². The summed E-state index contributed by atoms with van der Waals surface area (Å²) in [5.41, 5.74) is 3.89. The van der Waals surface area contributed by atoms with E-state index < -0.39 is 24.5 Å². The Morgan fingerprint density at radius 1 is 1.11 bits per heavy atom. The highest BCUT2D eigenvalue weighted by Gasteiger charge is 2.32. The van der Waals surface area contributed by atoms with Gasteiger partial charge in [0, 0.05) is 7.05 Å². The molecule has 0 bridgehead atoms. The lowest BCUT2D eigenvalue weighted by Gasteiger charge is -2.23. The molecule has 18 heavy (non-hydrogen) atoms. The van der Waals surface area contributed by atoms with E-state index in [1.54, 1.807) is 0 Å². The van der Waals surface area contributed by atoms with Crippen LogP contribution in [0.5, 0.6) is 0 Å². The Hall–Kier alpha value is -1.60. The number of benzene rings is 1. The summed E-state index contributed by atoms with van der Waals surface area (Å²) in [4.78, 5) is 0.746. The zero-order valence-electron chi connectivity index (χ0n) is 9.23. The molecule has 2 nitrogen and oxygen atoms in total. The van der Waals surface area contributed by atoms with Crippen LogP contribution in [0.3, 0.4) is 0 Å². The standard InChI is InChI=1S/C10H10F6N2/c1-18(5-9(11,12)13)8-3-2-6(4-7(8)17)10(14,15)16/h2-4H,5,17H2,1H3. The van der Waals surface area contributed by atoms with E-state index in [2.05, 4.69) is 0 Å². The fraction of sp³-hybridized carbons (Fsp3) is 0.400. The summed E-state index contributed by atoms with van der Waals surface area (Å²) in [6.07, 6.45) is -9.03. The number of hydrogen-bond donors (Lipinski definition) is 1. The van der Waals surface area contributed by atoms with Crippen LogP contribution in [-0.4, -0.2) is 19.8 Å². The maximum atomic E-state index is 12.3. The molecule has 2 N–H and O–H groups in total. The van der Waals surface area contributed by atoms with Gasteiger partial charge in [-0.25, -0.2) is 0 Å². The van der Waals surface area contributed by atoms with Gasteiger partial charge in [0.05, 0.1) is 16.9 Å². The Bertz CT molecular complexity index is 423. The van der Waals surface area contributed by atoms with Crippen molar-refractivity contribution in [2.75, 3.05) is 24.2 Å². The molecular weight excluding hydrogens is 262 g/mol. The lowest BCUT2D eigenvalue weighted by atomic mass is 10.1. The number of nitrogens with zero attached hydrogens (tertiary/aromatic N) is 1. The minimum atomic E-state index is -4.57. The van der Waals surface area contributed by atoms with Gasteiger partial charge in [-0.05, 0) is 18.2 Å². The van der Waals surface area contributed by atoms with Gasteiger partial charge in [-0.2, -0.15) is 26.3 Å². The Labute approximate surface area is 99.0 Å². The van der Waals surface area contributed by atoms with E-state index in [9.17, 15) is 26.3 Å². The van der Waals surface area contributed by atoms with Crippen LogP contribution in [0.1, 0.15) is 5.56 Å². The first-order valence-corrected chi connectivity index (χ1v) is 4.75. The molecule has 1 aromatic carbocycles. The first-order chi connectivity index (χ1) is 8.00. The van der Waals surface area contributed by atoms with Gasteiger partial charge in [0.1, 0.15) is 6.54 Å². The molecule has 0 aromatic heterocycles. The number of anilines is 2. The van der Waals surface area contributed by atoms with Gasteiger partial charge in [-0.1, -0.05) is 0 Å². The van der Waals surface area contributed by atoms with Gasteiger partial charge in [-0.3, -0.25) is 0 Å². The molecule has 1 aromatic rings. The molecule has 0 amide bonds. The quantitative estimate of drug-likeness (QED) is 0.661. The minimum Gasteiger partial charge on any atom is -0.397 e. The van der Waals surface area contributed by atoms with Crippen LogP contribution in [0, 0.1) is 0 Å². The van der Waals surface area contributed by atoms with Crippen molar-refractivity contribution in [2.45, 2.75) is 12.4 Å². The average Bonchev–Trinajstić information content (AvgIpc) is 2.12. The lowest BCUT2D eigenvalue weighted by molar-refractivity contribution is -0.137. The van der Waals surface area contributed by atoms with Crippen LogP contribution >= 0.6 is 0 Å². The van der Waals surface area contributed by atoms with Crippen LogP contribution < -0.4 is 10.6 Å². The number of alkyl halides is 6. The number of rotatable bonds is 2. The highest BCUT2D eigenvalue weighted by atomic mass is 19.4. The molecule has 0 heterocycles. The van der Waals surface area contributed by atoms with Crippen molar-refractivity contribution in [1.29, 1.82) is 0 Å². The van der Waals surface area contributed by atoms with E-state index >= 15 is 0 Å². The fourth-order valence-corrected chi connectivity index (χ4v) is 1.43. The van der Waals surface area contributed by atoms with Crippen LogP contribution in [0.4, 0.5) is 37.7 Å². The van der Waals surface area contributed by atoms with E-state index in [0.29, 0.717) is 12.1 Å². The summed E-state index contributed by atoms with van der Waals surface area (Å²) in [6.45, 7) is -1.29. The molecular formula is C10H10F6N2. The predicted molar refractivity (Wildman–Crippen MR) is 55.2 cm³/mol. The zero-order chi connectivity index (χ0) is 14.1. The Morgan fingerprint density at radius 2 is 1.67 bits per heavy atom. The van der Waals surface area contributed by atoms with Crippen molar-refractivity contribution < 1.29 is 26.3 Å². The van der Waals surface area contributed by atoms with E-state index in [1.165, 1.54) is 0 Å².